The monoisotopic (exact) mass is 424 g/mol. The Balaban J connectivity index is 1.63. The average molecular weight is 424 g/mol. The molecule has 31 heavy (non-hydrogen) atoms. The van der Waals surface area contributed by atoms with Crippen LogP contribution < -0.4 is 15.2 Å². The second kappa shape index (κ2) is 8.62. The van der Waals surface area contributed by atoms with Crippen molar-refractivity contribution in [2.24, 2.45) is 5.10 Å². The molecule has 2 aromatic heterocycles. The predicted molar refractivity (Wildman–Crippen MR) is 116 cm³/mol. The Hall–Kier alpha value is -3.63. The number of amides is 1. The van der Waals surface area contributed by atoms with E-state index in [2.05, 4.69) is 30.4 Å². The largest absolute Gasteiger partial charge is 0.340 e. The number of aromatic nitrogens is 3. The number of hydrogen-bond donors (Lipinski definition) is 1. The third-order valence-corrected chi connectivity index (χ3v) is 5.81. The summed E-state index contributed by atoms with van der Waals surface area (Å²) in [6, 6.07) is 1.52. The Morgan fingerprint density at radius 3 is 2.84 bits per heavy atom. The Bertz CT molecular complexity index is 1020. The lowest BCUT2D eigenvalue weighted by atomic mass is 10.0. The first-order valence-electron chi connectivity index (χ1n) is 10.3. The van der Waals surface area contributed by atoms with Crippen molar-refractivity contribution in [3.05, 3.63) is 40.3 Å². The molecule has 0 aromatic carbocycles. The van der Waals surface area contributed by atoms with Gasteiger partial charge in [-0.25, -0.2) is 10.4 Å². The quantitative estimate of drug-likeness (QED) is 0.426. The fourth-order valence-corrected chi connectivity index (χ4v) is 4.26. The third kappa shape index (κ3) is 3.90. The first-order valence-corrected chi connectivity index (χ1v) is 10.3. The van der Waals surface area contributed by atoms with Gasteiger partial charge in [-0.3, -0.25) is 19.9 Å². The second-order valence-electron chi connectivity index (χ2n) is 7.63. The van der Waals surface area contributed by atoms with Crippen molar-refractivity contribution in [2.45, 2.75) is 51.1 Å². The van der Waals surface area contributed by atoms with Crippen LogP contribution in [0.1, 0.15) is 44.6 Å². The van der Waals surface area contributed by atoms with E-state index in [1.165, 1.54) is 24.7 Å². The summed E-state index contributed by atoms with van der Waals surface area (Å²) in [5.41, 5.74) is 3.59. The number of nitrogens with one attached hydrogen (secondary N) is 1. The van der Waals surface area contributed by atoms with Gasteiger partial charge in [0.2, 0.25) is 11.9 Å². The van der Waals surface area contributed by atoms with Crippen LogP contribution in [0.4, 0.5) is 23.1 Å². The standard InChI is InChI=1S/C20H24N8O3/c1-3-15-19(29)26(2)17-12-22-20(24-18(17)27(15)14-6-4-5-7-14)25-23-10-13-8-9-21-11-16(13)28(30)31/h8-12,14-15H,3-7H2,1-2H3,(H,22,24,25)/b23-10+. The number of hydrogen-bond acceptors (Lipinski definition) is 9. The Kier molecular flexibility index (Phi) is 5.74. The molecule has 11 heteroatoms. The van der Waals surface area contributed by atoms with Gasteiger partial charge in [0.15, 0.2) is 5.82 Å². The van der Waals surface area contributed by atoms with Gasteiger partial charge in [-0.2, -0.15) is 10.1 Å². The Labute approximate surface area is 179 Å². The van der Waals surface area contributed by atoms with Crippen LogP contribution in [-0.4, -0.2) is 51.1 Å². The number of likely N-dealkylation sites (N-methyl/N-ethyl adjacent to an activating group) is 1. The summed E-state index contributed by atoms with van der Waals surface area (Å²) >= 11 is 0. The van der Waals surface area contributed by atoms with Gasteiger partial charge in [0.1, 0.15) is 17.9 Å². The van der Waals surface area contributed by atoms with E-state index in [4.69, 9.17) is 0 Å². The molecular formula is C20H24N8O3. The SMILES string of the molecule is CCC1C(=O)N(C)c2cnc(N/N=C/c3ccncc3[N+](=O)[O-])nc2N1C1CCCC1. The summed E-state index contributed by atoms with van der Waals surface area (Å²) in [7, 11) is 1.74. The topological polar surface area (TPSA) is 130 Å². The van der Waals surface area contributed by atoms with Crippen molar-refractivity contribution < 1.29 is 9.72 Å². The zero-order valence-electron chi connectivity index (χ0n) is 17.4. The molecule has 0 radical (unpaired) electrons. The van der Waals surface area contributed by atoms with Gasteiger partial charge < -0.3 is 9.80 Å². The van der Waals surface area contributed by atoms with Crippen LogP contribution in [0, 0.1) is 10.1 Å². The maximum Gasteiger partial charge on any atom is 0.296 e. The molecule has 0 bridgehead atoms. The highest BCUT2D eigenvalue weighted by Crippen LogP contribution is 2.39. The van der Waals surface area contributed by atoms with Gasteiger partial charge >= 0.3 is 0 Å². The third-order valence-electron chi connectivity index (χ3n) is 5.81. The van der Waals surface area contributed by atoms with Crippen molar-refractivity contribution in [2.75, 3.05) is 22.3 Å². The molecule has 1 aliphatic heterocycles. The summed E-state index contributed by atoms with van der Waals surface area (Å²) in [6.07, 6.45) is 10.6. The average Bonchev–Trinajstić information content (AvgIpc) is 3.30. The molecule has 0 saturated heterocycles. The van der Waals surface area contributed by atoms with E-state index < -0.39 is 4.92 Å². The zero-order chi connectivity index (χ0) is 22.0. The minimum absolute atomic E-state index is 0.0502. The van der Waals surface area contributed by atoms with E-state index >= 15 is 0 Å². The molecule has 0 spiro atoms. The molecule has 11 nitrogen and oxygen atoms in total. The van der Waals surface area contributed by atoms with E-state index in [1.54, 1.807) is 18.1 Å². The van der Waals surface area contributed by atoms with E-state index in [0.29, 0.717) is 23.5 Å². The minimum atomic E-state index is -0.513. The molecule has 162 valence electrons. The zero-order valence-corrected chi connectivity index (χ0v) is 17.4. The molecule has 4 rings (SSSR count). The van der Waals surface area contributed by atoms with Crippen molar-refractivity contribution >= 4 is 35.3 Å². The lowest BCUT2D eigenvalue weighted by Gasteiger charge is -2.43. The number of carbonyl (C=O) groups is 1. The Morgan fingerprint density at radius 1 is 1.35 bits per heavy atom. The van der Waals surface area contributed by atoms with Gasteiger partial charge in [0.25, 0.3) is 5.69 Å². The van der Waals surface area contributed by atoms with Gasteiger partial charge in [0.05, 0.1) is 22.9 Å². The first-order chi connectivity index (χ1) is 15.0. The fourth-order valence-electron chi connectivity index (χ4n) is 4.26. The number of carbonyl (C=O) groups excluding carboxylic acids is 1. The number of nitrogens with zero attached hydrogens (tertiary/aromatic N) is 7. The van der Waals surface area contributed by atoms with Crippen LogP contribution in [0.25, 0.3) is 0 Å². The number of pyridine rings is 1. The maximum atomic E-state index is 12.9. The number of fused-ring (bicyclic) bond motifs is 1. The minimum Gasteiger partial charge on any atom is -0.340 e. The lowest BCUT2D eigenvalue weighted by Crippen LogP contribution is -2.55. The number of nitro groups is 1. The highest BCUT2D eigenvalue weighted by Gasteiger charge is 2.41. The van der Waals surface area contributed by atoms with Crippen molar-refractivity contribution in [1.82, 2.24) is 15.0 Å². The van der Waals surface area contributed by atoms with E-state index in [9.17, 15) is 14.9 Å². The van der Waals surface area contributed by atoms with Crippen LogP contribution in [0.5, 0.6) is 0 Å². The molecule has 1 N–H and O–H groups in total. The summed E-state index contributed by atoms with van der Waals surface area (Å²) < 4.78 is 0. The number of hydrazone groups is 1. The molecule has 1 amide bonds. The molecule has 1 atom stereocenters. The number of rotatable bonds is 6. The van der Waals surface area contributed by atoms with Crippen LogP contribution in [0.15, 0.2) is 29.8 Å². The van der Waals surface area contributed by atoms with Gasteiger partial charge in [0, 0.05) is 19.3 Å². The highest BCUT2D eigenvalue weighted by atomic mass is 16.6. The summed E-state index contributed by atoms with van der Waals surface area (Å²) in [4.78, 5) is 40.0. The van der Waals surface area contributed by atoms with Crippen molar-refractivity contribution in [1.29, 1.82) is 0 Å². The summed E-state index contributed by atoms with van der Waals surface area (Å²) in [5.74, 6) is 1.02. The molecule has 1 unspecified atom stereocenters. The predicted octanol–water partition coefficient (Wildman–Crippen LogP) is 2.73. The smallest absolute Gasteiger partial charge is 0.296 e. The second-order valence-corrected chi connectivity index (χ2v) is 7.63. The molecular weight excluding hydrogens is 400 g/mol. The van der Waals surface area contributed by atoms with Crippen molar-refractivity contribution in [3.8, 4) is 0 Å². The first kappa shape index (κ1) is 20.6. The van der Waals surface area contributed by atoms with Crippen LogP contribution in [-0.2, 0) is 4.79 Å². The normalized spacial score (nSPS) is 19.2. The van der Waals surface area contributed by atoms with E-state index in [-0.39, 0.29) is 29.6 Å². The molecule has 2 aliphatic rings. The molecule has 1 fully saturated rings. The summed E-state index contributed by atoms with van der Waals surface area (Å²) in [6.45, 7) is 2.01. The maximum absolute atomic E-state index is 12.9. The Morgan fingerprint density at radius 2 is 2.13 bits per heavy atom. The molecule has 1 saturated carbocycles. The lowest BCUT2D eigenvalue weighted by molar-refractivity contribution is -0.385. The van der Waals surface area contributed by atoms with E-state index in [0.717, 1.165) is 25.7 Å². The van der Waals surface area contributed by atoms with Crippen molar-refractivity contribution in [3.63, 3.8) is 0 Å². The molecule has 1 aliphatic carbocycles. The molecule has 2 aromatic rings. The van der Waals surface area contributed by atoms with E-state index in [1.807, 2.05) is 6.92 Å². The fraction of sp³-hybridized carbons (Fsp3) is 0.450. The number of anilines is 3. The van der Waals surface area contributed by atoms with Crippen LogP contribution >= 0.6 is 0 Å². The van der Waals surface area contributed by atoms with Gasteiger partial charge in [-0.05, 0) is 25.3 Å². The molecule has 3 heterocycles. The van der Waals surface area contributed by atoms with Gasteiger partial charge in [-0.15, -0.1) is 0 Å². The summed E-state index contributed by atoms with van der Waals surface area (Å²) in [5, 5.41) is 15.2. The van der Waals surface area contributed by atoms with Crippen LogP contribution in [0.2, 0.25) is 0 Å². The highest BCUT2D eigenvalue weighted by molar-refractivity contribution is 6.04. The van der Waals surface area contributed by atoms with Gasteiger partial charge in [-0.1, -0.05) is 19.8 Å². The van der Waals surface area contributed by atoms with Crippen LogP contribution in [0.3, 0.4) is 0 Å².